The first kappa shape index (κ1) is 15.7. The fourth-order valence-corrected chi connectivity index (χ4v) is 2.55. The summed E-state index contributed by atoms with van der Waals surface area (Å²) in [6.07, 6.45) is 5.70. The van der Waals surface area contributed by atoms with Gasteiger partial charge in [0.1, 0.15) is 0 Å². The van der Waals surface area contributed by atoms with E-state index in [1.54, 1.807) is 18.2 Å². The van der Waals surface area contributed by atoms with E-state index in [-0.39, 0.29) is 12.2 Å². The number of halogens is 3. The van der Waals surface area contributed by atoms with Gasteiger partial charge in [-0.3, -0.25) is 0 Å². The van der Waals surface area contributed by atoms with Crippen LogP contribution in [0.15, 0.2) is 41.6 Å². The zero-order valence-electron chi connectivity index (χ0n) is 11.2. The smallest absolute Gasteiger partial charge is 0.245 e. The van der Waals surface area contributed by atoms with Crippen LogP contribution in [-0.2, 0) is 10.8 Å². The van der Waals surface area contributed by atoms with Gasteiger partial charge in [0.2, 0.25) is 5.16 Å². The highest BCUT2D eigenvalue weighted by Gasteiger charge is 2.37. The fourth-order valence-electron chi connectivity index (χ4n) is 2.03. The second-order valence-corrected chi connectivity index (χ2v) is 5.75. The number of fused-ring (bicyclic) bond motifs is 1. The SMILES string of the molecule is C=C(/C=C\C=C/C)[C@@H]1C[C@H](F)c2nc([S@@](=O)C(F)F)nn21. The van der Waals surface area contributed by atoms with Gasteiger partial charge in [-0.2, -0.15) is 8.78 Å². The van der Waals surface area contributed by atoms with Crippen molar-refractivity contribution in [1.82, 2.24) is 14.8 Å². The van der Waals surface area contributed by atoms with Crippen molar-refractivity contribution in [3.05, 3.63) is 42.3 Å². The molecule has 1 aromatic rings. The van der Waals surface area contributed by atoms with Gasteiger partial charge in [-0.1, -0.05) is 30.9 Å². The molecule has 114 valence electrons. The second-order valence-electron chi connectivity index (χ2n) is 4.43. The van der Waals surface area contributed by atoms with Crippen molar-refractivity contribution in [2.45, 2.75) is 36.5 Å². The van der Waals surface area contributed by atoms with Crippen molar-refractivity contribution in [3.63, 3.8) is 0 Å². The Bertz CT molecular complexity index is 624. The van der Waals surface area contributed by atoms with Crippen LogP contribution in [0.1, 0.15) is 31.4 Å². The summed E-state index contributed by atoms with van der Waals surface area (Å²) in [5.74, 6) is -3.17. The lowest BCUT2D eigenvalue weighted by molar-refractivity contribution is 0.243. The van der Waals surface area contributed by atoms with E-state index in [0.717, 1.165) is 0 Å². The van der Waals surface area contributed by atoms with Crippen molar-refractivity contribution in [2.75, 3.05) is 0 Å². The Morgan fingerprint density at radius 3 is 2.86 bits per heavy atom. The number of alkyl halides is 3. The molecular formula is C13H14F3N3OS. The van der Waals surface area contributed by atoms with Gasteiger partial charge in [-0.25, -0.2) is 18.3 Å². The summed E-state index contributed by atoms with van der Waals surface area (Å²) in [5.41, 5.74) is 0.578. The van der Waals surface area contributed by atoms with Crippen LogP contribution in [0.3, 0.4) is 0 Å². The van der Waals surface area contributed by atoms with E-state index in [1.807, 2.05) is 13.0 Å². The second kappa shape index (κ2) is 6.38. The third kappa shape index (κ3) is 3.15. The molecule has 0 spiro atoms. The third-order valence-electron chi connectivity index (χ3n) is 3.03. The summed E-state index contributed by atoms with van der Waals surface area (Å²) >= 11 is 0. The monoisotopic (exact) mass is 317 g/mol. The van der Waals surface area contributed by atoms with E-state index in [0.29, 0.717) is 5.57 Å². The van der Waals surface area contributed by atoms with Gasteiger partial charge in [-0.05, 0) is 12.5 Å². The zero-order valence-corrected chi connectivity index (χ0v) is 12.1. The molecule has 1 aliphatic rings. The Morgan fingerprint density at radius 1 is 1.52 bits per heavy atom. The molecule has 4 nitrogen and oxygen atoms in total. The molecule has 3 atom stereocenters. The van der Waals surface area contributed by atoms with E-state index >= 15 is 0 Å². The highest BCUT2D eigenvalue weighted by Crippen LogP contribution is 2.39. The molecule has 2 rings (SSSR count). The first-order valence-electron chi connectivity index (χ1n) is 6.23. The van der Waals surface area contributed by atoms with Gasteiger partial charge in [0.25, 0.3) is 0 Å². The minimum Gasteiger partial charge on any atom is -0.245 e. The normalized spacial score (nSPS) is 23.3. The summed E-state index contributed by atoms with van der Waals surface area (Å²) in [7, 11) is -2.64. The minimum absolute atomic E-state index is 0.0791. The molecule has 0 aromatic carbocycles. The highest BCUT2D eigenvalue weighted by atomic mass is 32.2. The number of allylic oxidation sites excluding steroid dienone is 5. The lowest BCUT2D eigenvalue weighted by atomic mass is 10.1. The molecule has 0 saturated carbocycles. The molecule has 8 heteroatoms. The van der Waals surface area contributed by atoms with Gasteiger partial charge in [0.05, 0.1) is 6.04 Å². The minimum atomic E-state index is -3.09. The van der Waals surface area contributed by atoms with Crippen LogP contribution in [-0.4, -0.2) is 24.7 Å². The Kier molecular flexibility index (Phi) is 4.76. The first-order valence-corrected chi connectivity index (χ1v) is 7.44. The molecule has 0 fully saturated rings. The Labute approximate surface area is 122 Å². The molecular weight excluding hydrogens is 303 g/mol. The number of rotatable bonds is 5. The van der Waals surface area contributed by atoms with Gasteiger partial charge in [-0.15, -0.1) is 5.10 Å². The summed E-state index contributed by atoms with van der Waals surface area (Å²) in [5, 5.41) is 3.22. The summed E-state index contributed by atoms with van der Waals surface area (Å²) in [6.45, 7) is 5.68. The van der Waals surface area contributed by atoms with Crippen molar-refractivity contribution >= 4 is 10.8 Å². The molecule has 0 saturated heterocycles. The van der Waals surface area contributed by atoms with E-state index in [4.69, 9.17) is 0 Å². The average Bonchev–Trinajstić information content (AvgIpc) is 2.99. The average molecular weight is 317 g/mol. The molecule has 0 radical (unpaired) electrons. The maximum Gasteiger partial charge on any atom is 0.319 e. The van der Waals surface area contributed by atoms with Crippen LogP contribution >= 0.6 is 0 Å². The fraction of sp³-hybridized carbons (Fsp3) is 0.385. The van der Waals surface area contributed by atoms with E-state index in [2.05, 4.69) is 16.7 Å². The van der Waals surface area contributed by atoms with Crippen molar-refractivity contribution in [3.8, 4) is 0 Å². The van der Waals surface area contributed by atoms with E-state index in [9.17, 15) is 17.4 Å². The van der Waals surface area contributed by atoms with Gasteiger partial charge in [0, 0.05) is 6.42 Å². The maximum atomic E-state index is 13.9. The highest BCUT2D eigenvalue weighted by molar-refractivity contribution is 7.85. The van der Waals surface area contributed by atoms with Gasteiger partial charge >= 0.3 is 5.76 Å². The molecule has 0 aliphatic carbocycles. The van der Waals surface area contributed by atoms with Crippen LogP contribution in [0.5, 0.6) is 0 Å². The predicted octanol–water partition coefficient (Wildman–Crippen LogP) is 3.25. The first-order chi connectivity index (χ1) is 9.95. The van der Waals surface area contributed by atoms with Crippen molar-refractivity contribution in [2.24, 2.45) is 0 Å². The number of hydrogen-bond donors (Lipinski definition) is 0. The summed E-state index contributed by atoms with van der Waals surface area (Å²) in [4.78, 5) is 3.64. The summed E-state index contributed by atoms with van der Waals surface area (Å²) < 4.78 is 51.2. The molecule has 21 heavy (non-hydrogen) atoms. The Morgan fingerprint density at radius 2 is 2.24 bits per heavy atom. The van der Waals surface area contributed by atoms with Crippen LogP contribution in [0.25, 0.3) is 0 Å². The Balaban J connectivity index is 2.28. The summed E-state index contributed by atoms with van der Waals surface area (Å²) in [6, 6.07) is -0.507. The van der Waals surface area contributed by atoms with E-state index < -0.39 is 33.9 Å². The number of aromatic nitrogens is 3. The number of hydrogen-bond acceptors (Lipinski definition) is 3. The van der Waals surface area contributed by atoms with Crippen molar-refractivity contribution in [1.29, 1.82) is 0 Å². The van der Waals surface area contributed by atoms with Crippen LogP contribution in [0, 0.1) is 0 Å². The van der Waals surface area contributed by atoms with E-state index in [1.165, 1.54) is 4.68 Å². The molecule has 2 heterocycles. The third-order valence-corrected chi connectivity index (χ3v) is 3.88. The molecule has 0 N–H and O–H groups in total. The lowest BCUT2D eigenvalue weighted by Gasteiger charge is -2.11. The van der Waals surface area contributed by atoms with Crippen LogP contribution in [0.2, 0.25) is 0 Å². The predicted molar refractivity (Wildman–Crippen MR) is 73.0 cm³/mol. The van der Waals surface area contributed by atoms with Crippen LogP contribution < -0.4 is 0 Å². The quantitative estimate of drug-likeness (QED) is 0.783. The molecule has 1 aliphatic heterocycles. The lowest BCUT2D eigenvalue weighted by Crippen LogP contribution is -2.10. The largest absolute Gasteiger partial charge is 0.319 e. The maximum absolute atomic E-state index is 13.9. The topological polar surface area (TPSA) is 47.8 Å². The Hall–Kier alpha value is -1.70. The number of nitrogens with zero attached hydrogens (tertiary/aromatic N) is 3. The molecule has 0 bridgehead atoms. The van der Waals surface area contributed by atoms with Crippen molar-refractivity contribution < 1.29 is 17.4 Å². The van der Waals surface area contributed by atoms with Crippen LogP contribution in [0.4, 0.5) is 13.2 Å². The van der Waals surface area contributed by atoms with Gasteiger partial charge < -0.3 is 0 Å². The molecule has 1 aromatic heterocycles. The zero-order chi connectivity index (χ0) is 15.6. The van der Waals surface area contributed by atoms with Gasteiger partial charge in [0.15, 0.2) is 22.8 Å². The molecule has 0 amide bonds. The standard InChI is InChI=1S/C13H14F3N3OS/c1-3-4-5-6-8(2)10-7-9(14)11-17-13(18-19(10)11)21(20)12(15)16/h3-6,9-10,12H,2,7H2,1H3/b4-3-,6-5-/t9-,10-,21-/m0/s1. The molecule has 0 unspecified atom stereocenters.